The highest BCUT2D eigenvalue weighted by Gasteiger charge is 2.13. The van der Waals surface area contributed by atoms with Crippen LogP contribution in [0.5, 0.6) is 5.75 Å². The van der Waals surface area contributed by atoms with Crippen LogP contribution in [-0.4, -0.2) is 35.7 Å². The number of anilines is 1. The fourth-order valence-electron chi connectivity index (χ4n) is 1.94. The number of carbonyl (C=O) groups is 2. The summed E-state index contributed by atoms with van der Waals surface area (Å²) in [6.45, 7) is 1.70. The first kappa shape index (κ1) is 19.1. The molecule has 9 heteroatoms. The molecule has 0 spiro atoms. The number of nitrogens with zero attached hydrogens (tertiary/aromatic N) is 1. The zero-order chi connectivity index (χ0) is 18.9. The minimum absolute atomic E-state index is 0.0538. The lowest BCUT2D eigenvalue weighted by atomic mass is 10.2. The van der Waals surface area contributed by atoms with Gasteiger partial charge in [-0.3, -0.25) is 15.6 Å². The van der Waals surface area contributed by atoms with E-state index in [1.165, 1.54) is 13.3 Å². The summed E-state index contributed by atoms with van der Waals surface area (Å²) < 4.78 is 10.1. The number of esters is 1. The number of para-hydroxylation sites is 1. The highest BCUT2D eigenvalue weighted by molar-refractivity contribution is 7.80. The number of ether oxygens (including phenoxy) is 2. The van der Waals surface area contributed by atoms with E-state index in [1.54, 1.807) is 18.2 Å². The van der Waals surface area contributed by atoms with E-state index in [2.05, 4.69) is 25.9 Å². The molecule has 2 rings (SSSR count). The zero-order valence-electron chi connectivity index (χ0n) is 14.2. The maximum absolute atomic E-state index is 11.8. The summed E-state index contributed by atoms with van der Waals surface area (Å²) in [6.07, 6.45) is 1.49. The van der Waals surface area contributed by atoms with Crippen molar-refractivity contribution < 1.29 is 19.1 Å². The number of amides is 1. The highest BCUT2D eigenvalue weighted by atomic mass is 32.1. The summed E-state index contributed by atoms with van der Waals surface area (Å²) in [6, 6.07) is 10.5. The molecular weight excluding hydrogens is 356 g/mol. The number of hydrogen-bond acceptors (Lipinski definition) is 6. The number of benzene rings is 1. The fourth-order valence-corrected chi connectivity index (χ4v) is 2.09. The summed E-state index contributed by atoms with van der Waals surface area (Å²) >= 11 is 5.07. The minimum atomic E-state index is -0.556. The third-order valence-electron chi connectivity index (χ3n) is 3.21. The summed E-state index contributed by atoms with van der Waals surface area (Å²) in [7, 11) is 1.27. The van der Waals surface area contributed by atoms with E-state index in [1.807, 2.05) is 25.1 Å². The molecule has 8 nitrogen and oxygen atoms in total. The molecule has 26 heavy (non-hydrogen) atoms. The van der Waals surface area contributed by atoms with Gasteiger partial charge in [0.15, 0.2) is 11.7 Å². The molecule has 1 amide bonds. The summed E-state index contributed by atoms with van der Waals surface area (Å²) in [5.41, 5.74) is 6.05. The van der Waals surface area contributed by atoms with Crippen molar-refractivity contribution in [2.24, 2.45) is 0 Å². The maximum Gasteiger partial charge on any atom is 0.341 e. The molecule has 0 aliphatic carbocycles. The molecule has 136 valence electrons. The number of pyridine rings is 1. The molecule has 0 saturated heterocycles. The molecule has 0 fully saturated rings. The molecule has 1 aromatic heterocycles. The SMILES string of the molecule is COC(=O)c1cccnc1NC(=S)NNC(=O)COc1ccccc1C. The Hall–Kier alpha value is -3.20. The Bertz CT molecular complexity index is 813. The number of thiocarbonyl (C=S) groups is 1. The Labute approximate surface area is 155 Å². The van der Waals surface area contributed by atoms with Crippen LogP contribution in [0, 0.1) is 6.92 Å². The van der Waals surface area contributed by atoms with Gasteiger partial charge in [-0.25, -0.2) is 9.78 Å². The lowest BCUT2D eigenvalue weighted by Crippen LogP contribution is -2.45. The van der Waals surface area contributed by atoms with Crippen LogP contribution < -0.4 is 20.9 Å². The van der Waals surface area contributed by atoms with Crippen LogP contribution in [0.1, 0.15) is 15.9 Å². The number of carbonyl (C=O) groups excluding carboxylic acids is 2. The lowest BCUT2D eigenvalue weighted by Gasteiger charge is -2.13. The van der Waals surface area contributed by atoms with Crippen LogP contribution in [0.15, 0.2) is 42.6 Å². The average Bonchev–Trinajstić information content (AvgIpc) is 2.65. The van der Waals surface area contributed by atoms with Crippen LogP contribution in [0.4, 0.5) is 5.82 Å². The average molecular weight is 374 g/mol. The molecule has 0 bridgehead atoms. The lowest BCUT2D eigenvalue weighted by molar-refractivity contribution is -0.123. The monoisotopic (exact) mass is 374 g/mol. The van der Waals surface area contributed by atoms with Crippen molar-refractivity contribution in [2.45, 2.75) is 6.92 Å². The molecule has 0 radical (unpaired) electrons. The normalized spacial score (nSPS) is 9.77. The largest absolute Gasteiger partial charge is 0.483 e. The maximum atomic E-state index is 11.8. The topological polar surface area (TPSA) is 102 Å². The third-order valence-corrected chi connectivity index (χ3v) is 3.42. The number of hydrogen-bond donors (Lipinski definition) is 3. The number of aryl methyl sites for hydroxylation is 1. The number of rotatable bonds is 5. The molecule has 3 N–H and O–H groups in total. The van der Waals surface area contributed by atoms with Crippen molar-refractivity contribution in [3.63, 3.8) is 0 Å². The van der Waals surface area contributed by atoms with Gasteiger partial charge < -0.3 is 14.8 Å². The van der Waals surface area contributed by atoms with Gasteiger partial charge in [-0.15, -0.1) is 0 Å². The van der Waals surface area contributed by atoms with Gasteiger partial charge in [-0.05, 0) is 42.9 Å². The number of methoxy groups -OCH3 is 1. The van der Waals surface area contributed by atoms with Crippen molar-refractivity contribution in [3.8, 4) is 5.75 Å². The first-order chi connectivity index (χ1) is 12.5. The number of aromatic nitrogens is 1. The van der Waals surface area contributed by atoms with E-state index in [0.717, 1.165) is 5.56 Å². The highest BCUT2D eigenvalue weighted by Crippen LogP contribution is 2.15. The Kier molecular flexibility index (Phi) is 6.86. The molecule has 0 unspecified atom stereocenters. The summed E-state index contributed by atoms with van der Waals surface area (Å²) in [4.78, 5) is 27.5. The van der Waals surface area contributed by atoms with E-state index in [9.17, 15) is 9.59 Å². The number of hydrazine groups is 1. The predicted octanol–water partition coefficient (Wildman–Crippen LogP) is 1.57. The van der Waals surface area contributed by atoms with Crippen LogP contribution in [0.25, 0.3) is 0 Å². The van der Waals surface area contributed by atoms with Gasteiger partial charge >= 0.3 is 5.97 Å². The summed E-state index contributed by atoms with van der Waals surface area (Å²) in [5, 5.41) is 2.77. The standard InChI is InChI=1S/C17H18N4O4S/c1-11-6-3-4-8-13(11)25-10-14(22)20-21-17(26)19-15-12(16(23)24-2)7-5-9-18-15/h3-9H,10H2,1-2H3,(H,20,22)(H2,18,19,21,26). The molecular formula is C17H18N4O4S. The Morgan fingerprint density at radius 2 is 1.92 bits per heavy atom. The van der Waals surface area contributed by atoms with Crippen molar-refractivity contribution in [1.29, 1.82) is 0 Å². The van der Waals surface area contributed by atoms with Crippen molar-refractivity contribution >= 4 is 35.0 Å². The molecule has 1 aromatic carbocycles. The van der Waals surface area contributed by atoms with Crippen molar-refractivity contribution in [1.82, 2.24) is 15.8 Å². The first-order valence-corrected chi connectivity index (χ1v) is 7.99. The molecule has 0 saturated carbocycles. The van der Waals surface area contributed by atoms with Gasteiger partial charge in [0.2, 0.25) is 0 Å². The second-order valence-corrected chi connectivity index (χ2v) is 5.48. The van der Waals surface area contributed by atoms with E-state index in [4.69, 9.17) is 17.0 Å². The predicted molar refractivity (Wildman–Crippen MR) is 99.7 cm³/mol. The molecule has 1 heterocycles. The van der Waals surface area contributed by atoms with Crippen molar-refractivity contribution in [3.05, 3.63) is 53.7 Å². The second kappa shape index (κ2) is 9.33. The summed E-state index contributed by atoms with van der Waals surface area (Å²) in [5.74, 6) is -0.146. The second-order valence-electron chi connectivity index (χ2n) is 5.07. The Morgan fingerprint density at radius 3 is 2.65 bits per heavy atom. The van der Waals surface area contributed by atoms with Crippen LogP contribution in [0.2, 0.25) is 0 Å². The smallest absolute Gasteiger partial charge is 0.341 e. The van der Waals surface area contributed by atoms with Gasteiger partial charge in [-0.1, -0.05) is 18.2 Å². The van der Waals surface area contributed by atoms with E-state index in [0.29, 0.717) is 5.75 Å². The van der Waals surface area contributed by atoms with E-state index < -0.39 is 11.9 Å². The zero-order valence-corrected chi connectivity index (χ0v) is 15.1. The quantitative estimate of drug-likeness (QED) is 0.412. The van der Waals surface area contributed by atoms with E-state index >= 15 is 0 Å². The molecule has 0 atom stereocenters. The Morgan fingerprint density at radius 1 is 1.15 bits per heavy atom. The molecule has 2 aromatic rings. The van der Waals surface area contributed by atoms with Gasteiger partial charge in [0.1, 0.15) is 17.1 Å². The molecule has 0 aliphatic rings. The molecule has 0 aliphatic heterocycles. The van der Waals surface area contributed by atoms with Crippen LogP contribution >= 0.6 is 12.2 Å². The first-order valence-electron chi connectivity index (χ1n) is 7.59. The fraction of sp³-hybridized carbons (Fsp3) is 0.176. The third kappa shape index (κ3) is 5.42. The van der Waals surface area contributed by atoms with Gasteiger partial charge in [0.05, 0.1) is 7.11 Å². The van der Waals surface area contributed by atoms with Crippen LogP contribution in [-0.2, 0) is 9.53 Å². The van der Waals surface area contributed by atoms with Gasteiger partial charge in [0, 0.05) is 6.20 Å². The van der Waals surface area contributed by atoms with Crippen LogP contribution in [0.3, 0.4) is 0 Å². The van der Waals surface area contributed by atoms with Crippen molar-refractivity contribution in [2.75, 3.05) is 19.0 Å². The van der Waals surface area contributed by atoms with Gasteiger partial charge in [0.25, 0.3) is 5.91 Å². The minimum Gasteiger partial charge on any atom is -0.483 e. The van der Waals surface area contributed by atoms with Gasteiger partial charge in [-0.2, -0.15) is 0 Å². The Balaban J connectivity index is 1.83. The van der Waals surface area contributed by atoms with E-state index in [-0.39, 0.29) is 23.1 Å². The number of nitrogens with one attached hydrogen (secondary N) is 3.